The lowest BCUT2D eigenvalue weighted by molar-refractivity contribution is 0.189. The maximum Gasteiger partial charge on any atom is 0.216 e. The number of rotatable bonds is 4. The SMILES string of the molecule is C=C/C(=C(\N=C/C)OC)C1CCOC1. The molecule has 0 aromatic rings. The van der Waals surface area contributed by atoms with Crippen LogP contribution in [0, 0.1) is 5.92 Å². The van der Waals surface area contributed by atoms with Crippen LogP contribution in [0.1, 0.15) is 13.3 Å². The normalized spacial score (nSPS) is 23.7. The minimum atomic E-state index is 0.381. The predicted octanol–water partition coefficient (Wildman–Crippen LogP) is 2.16. The Morgan fingerprint density at radius 1 is 1.64 bits per heavy atom. The first-order valence-electron chi connectivity index (χ1n) is 4.80. The van der Waals surface area contributed by atoms with E-state index >= 15 is 0 Å². The number of aliphatic imine (C=N–C) groups is 1. The van der Waals surface area contributed by atoms with E-state index in [4.69, 9.17) is 9.47 Å². The Hall–Kier alpha value is -1.09. The number of hydrogen-bond acceptors (Lipinski definition) is 3. The van der Waals surface area contributed by atoms with Gasteiger partial charge < -0.3 is 9.47 Å². The molecule has 1 aliphatic rings. The second-order valence-electron chi connectivity index (χ2n) is 3.12. The van der Waals surface area contributed by atoms with E-state index in [-0.39, 0.29) is 0 Å². The van der Waals surface area contributed by atoms with Gasteiger partial charge in [0.1, 0.15) is 0 Å². The molecule has 0 saturated carbocycles. The van der Waals surface area contributed by atoms with Gasteiger partial charge in [-0.1, -0.05) is 12.7 Å². The highest BCUT2D eigenvalue weighted by molar-refractivity contribution is 5.55. The fourth-order valence-electron chi connectivity index (χ4n) is 1.57. The summed E-state index contributed by atoms with van der Waals surface area (Å²) in [6.45, 7) is 7.21. The Balaban J connectivity index is 2.88. The van der Waals surface area contributed by atoms with E-state index in [0.717, 1.165) is 25.2 Å². The van der Waals surface area contributed by atoms with Gasteiger partial charge in [0.25, 0.3) is 0 Å². The molecular weight excluding hydrogens is 178 g/mol. The number of hydrogen-bond donors (Lipinski definition) is 0. The highest BCUT2D eigenvalue weighted by atomic mass is 16.5. The molecule has 1 unspecified atom stereocenters. The van der Waals surface area contributed by atoms with E-state index in [1.807, 2.05) is 13.0 Å². The molecule has 0 spiro atoms. The maximum atomic E-state index is 5.32. The molecule has 0 radical (unpaired) electrons. The molecule has 1 saturated heterocycles. The van der Waals surface area contributed by atoms with Crippen molar-refractivity contribution in [1.29, 1.82) is 0 Å². The molecule has 3 heteroatoms. The number of nitrogens with zero attached hydrogens (tertiary/aromatic N) is 1. The molecule has 78 valence electrons. The zero-order valence-corrected chi connectivity index (χ0v) is 8.82. The van der Waals surface area contributed by atoms with Gasteiger partial charge in [-0.25, -0.2) is 4.99 Å². The smallest absolute Gasteiger partial charge is 0.216 e. The molecular formula is C11H17NO2. The van der Waals surface area contributed by atoms with Gasteiger partial charge in [-0.15, -0.1) is 0 Å². The quantitative estimate of drug-likeness (QED) is 0.391. The van der Waals surface area contributed by atoms with Gasteiger partial charge in [0.2, 0.25) is 5.88 Å². The number of methoxy groups -OCH3 is 1. The van der Waals surface area contributed by atoms with Crippen LogP contribution in [0.2, 0.25) is 0 Å². The Bertz CT molecular complexity index is 250. The lowest BCUT2D eigenvalue weighted by Gasteiger charge is -2.11. The number of ether oxygens (including phenoxy) is 2. The molecule has 3 nitrogen and oxygen atoms in total. The summed E-state index contributed by atoms with van der Waals surface area (Å²) in [6.07, 6.45) is 4.55. The molecule has 1 fully saturated rings. The van der Waals surface area contributed by atoms with Crippen LogP contribution in [0.15, 0.2) is 29.1 Å². The van der Waals surface area contributed by atoms with Crippen LogP contribution in [0.4, 0.5) is 0 Å². The first-order valence-corrected chi connectivity index (χ1v) is 4.80. The molecule has 14 heavy (non-hydrogen) atoms. The van der Waals surface area contributed by atoms with Crippen molar-refractivity contribution in [2.45, 2.75) is 13.3 Å². The van der Waals surface area contributed by atoms with Crippen LogP contribution >= 0.6 is 0 Å². The molecule has 0 bridgehead atoms. The van der Waals surface area contributed by atoms with Gasteiger partial charge in [0.15, 0.2) is 0 Å². The summed E-state index contributed by atoms with van der Waals surface area (Å²) < 4.78 is 10.5. The standard InChI is InChI=1S/C11H17NO2/c1-4-10(9-6-7-14-8-9)11(13-3)12-5-2/h4-5,9H,1,6-8H2,2-3H3/b11-10-,12-5-. The van der Waals surface area contributed by atoms with Crippen molar-refractivity contribution in [3.8, 4) is 0 Å². The van der Waals surface area contributed by atoms with Crippen molar-refractivity contribution in [3.63, 3.8) is 0 Å². The third kappa shape index (κ3) is 2.45. The predicted molar refractivity (Wildman–Crippen MR) is 57.3 cm³/mol. The topological polar surface area (TPSA) is 30.8 Å². The van der Waals surface area contributed by atoms with E-state index in [2.05, 4.69) is 11.6 Å². The van der Waals surface area contributed by atoms with Crippen LogP contribution in [-0.4, -0.2) is 26.5 Å². The molecule has 0 N–H and O–H groups in total. The van der Waals surface area contributed by atoms with Crippen molar-refractivity contribution in [1.82, 2.24) is 0 Å². The fraction of sp³-hybridized carbons (Fsp3) is 0.545. The minimum absolute atomic E-state index is 0.381. The summed E-state index contributed by atoms with van der Waals surface area (Å²) >= 11 is 0. The maximum absolute atomic E-state index is 5.32. The summed E-state index contributed by atoms with van der Waals surface area (Å²) in [5.41, 5.74) is 1.04. The fourth-order valence-corrected chi connectivity index (χ4v) is 1.57. The van der Waals surface area contributed by atoms with E-state index in [1.54, 1.807) is 13.3 Å². The summed E-state index contributed by atoms with van der Waals surface area (Å²) in [5, 5.41) is 0. The molecule has 0 aliphatic carbocycles. The van der Waals surface area contributed by atoms with Crippen molar-refractivity contribution < 1.29 is 9.47 Å². The van der Waals surface area contributed by atoms with Crippen LogP contribution in [-0.2, 0) is 9.47 Å². The first-order chi connectivity index (χ1) is 6.83. The largest absolute Gasteiger partial charge is 0.481 e. The molecule has 0 aromatic carbocycles. The van der Waals surface area contributed by atoms with E-state index in [9.17, 15) is 0 Å². The highest BCUT2D eigenvalue weighted by Gasteiger charge is 2.21. The molecule has 1 atom stereocenters. The van der Waals surface area contributed by atoms with Gasteiger partial charge in [-0.2, -0.15) is 0 Å². The third-order valence-electron chi connectivity index (χ3n) is 2.28. The summed E-state index contributed by atoms with van der Waals surface area (Å²) in [6, 6.07) is 0. The average molecular weight is 195 g/mol. The van der Waals surface area contributed by atoms with Crippen molar-refractivity contribution in [2.24, 2.45) is 10.9 Å². The Morgan fingerprint density at radius 2 is 2.43 bits per heavy atom. The monoisotopic (exact) mass is 195 g/mol. The van der Waals surface area contributed by atoms with E-state index in [0.29, 0.717) is 11.8 Å². The first kappa shape index (κ1) is 11.0. The Labute approximate surface area is 85.1 Å². The second-order valence-corrected chi connectivity index (χ2v) is 3.12. The zero-order chi connectivity index (χ0) is 10.4. The Morgan fingerprint density at radius 3 is 2.86 bits per heavy atom. The van der Waals surface area contributed by atoms with Gasteiger partial charge in [-0.05, 0) is 13.3 Å². The lowest BCUT2D eigenvalue weighted by Crippen LogP contribution is -2.05. The van der Waals surface area contributed by atoms with E-state index < -0.39 is 0 Å². The molecule has 0 aromatic heterocycles. The minimum Gasteiger partial charge on any atom is -0.481 e. The average Bonchev–Trinajstić information content (AvgIpc) is 2.71. The van der Waals surface area contributed by atoms with Crippen LogP contribution < -0.4 is 0 Å². The highest BCUT2D eigenvalue weighted by Crippen LogP contribution is 2.25. The van der Waals surface area contributed by atoms with Gasteiger partial charge in [-0.3, -0.25) is 0 Å². The van der Waals surface area contributed by atoms with Gasteiger partial charge >= 0.3 is 0 Å². The van der Waals surface area contributed by atoms with Gasteiger partial charge in [0.05, 0.1) is 13.7 Å². The van der Waals surface area contributed by atoms with Crippen molar-refractivity contribution in [3.05, 3.63) is 24.1 Å². The summed E-state index contributed by atoms with van der Waals surface area (Å²) in [4.78, 5) is 4.16. The number of allylic oxidation sites excluding steroid dienone is 1. The molecule has 1 aliphatic heterocycles. The van der Waals surface area contributed by atoms with E-state index in [1.165, 1.54) is 0 Å². The van der Waals surface area contributed by atoms with Gasteiger partial charge in [0, 0.05) is 24.3 Å². The third-order valence-corrected chi connectivity index (χ3v) is 2.28. The van der Waals surface area contributed by atoms with Crippen LogP contribution in [0.25, 0.3) is 0 Å². The molecule has 0 amide bonds. The summed E-state index contributed by atoms with van der Waals surface area (Å²) in [5.74, 6) is 1.03. The summed E-state index contributed by atoms with van der Waals surface area (Å²) in [7, 11) is 1.63. The van der Waals surface area contributed by atoms with Crippen molar-refractivity contribution >= 4 is 6.21 Å². The molecule has 1 heterocycles. The second kappa shape index (κ2) is 5.60. The van der Waals surface area contributed by atoms with Crippen molar-refractivity contribution in [2.75, 3.05) is 20.3 Å². The zero-order valence-electron chi connectivity index (χ0n) is 8.82. The van der Waals surface area contributed by atoms with Crippen LogP contribution in [0.5, 0.6) is 0 Å². The Kier molecular flexibility index (Phi) is 4.40. The lowest BCUT2D eigenvalue weighted by atomic mass is 9.99. The van der Waals surface area contributed by atoms with Crippen LogP contribution in [0.3, 0.4) is 0 Å². The molecule has 1 rings (SSSR count).